The number of aromatic nitrogens is 3. The van der Waals surface area contributed by atoms with Crippen LogP contribution in [0, 0.1) is 12.8 Å². The zero-order valence-corrected chi connectivity index (χ0v) is 18.4. The monoisotopic (exact) mass is 441 g/mol. The average Bonchev–Trinajstić information content (AvgIpc) is 2.74. The number of hydrogen-bond acceptors (Lipinski definition) is 5. The van der Waals surface area contributed by atoms with Crippen LogP contribution in [0.4, 0.5) is 0 Å². The lowest BCUT2D eigenvalue weighted by atomic mass is 10.1. The molecule has 0 aliphatic rings. The second-order valence-corrected chi connectivity index (χ2v) is 7.94. The number of ether oxygens (including phenoxy) is 1. The molecule has 1 heterocycles. The van der Waals surface area contributed by atoms with Gasteiger partial charge in [0.15, 0.2) is 0 Å². The van der Waals surface area contributed by atoms with Gasteiger partial charge < -0.3 is 4.74 Å². The number of benzene rings is 2. The van der Waals surface area contributed by atoms with Gasteiger partial charge in [-0.3, -0.25) is 9.36 Å². The van der Waals surface area contributed by atoms with Crippen molar-refractivity contribution in [3.05, 3.63) is 97.0 Å². The molecular weight excluding hydrogens is 418 g/mol. The summed E-state index contributed by atoms with van der Waals surface area (Å²) in [7, 11) is 1.27. The lowest BCUT2D eigenvalue weighted by Crippen LogP contribution is -2.45. The van der Waals surface area contributed by atoms with Crippen molar-refractivity contribution in [2.45, 2.75) is 33.4 Å². The summed E-state index contributed by atoms with van der Waals surface area (Å²) in [5, 5.41) is 0.589. The Morgan fingerprint density at radius 1 is 1.10 bits per heavy atom. The van der Waals surface area contributed by atoms with Gasteiger partial charge in [0, 0.05) is 18.0 Å². The Morgan fingerprint density at radius 3 is 2.45 bits per heavy atom. The van der Waals surface area contributed by atoms with Crippen LogP contribution in [-0.2, 0) is 29.0 Å². The van der Waals surface area contributed by atoms with Crippen LogP contribution in [-0.4, -0.2) is 27.2 Å². The summed E-state index contributed by atoms with van der Waals surface area (Å²) < 4.78 is 7.17. The van der Waals surface area contributed by atoms with Crippen LogP contribution >= 0.6 is 11.6 Å². The molecule has 31 heavy (non-hydrogen) atoms. The molecule has 3 aromatic rings. The summed E-state index contributed by atoms with van der Waals surface area (Å²) in [4.78, 5) is 42.0. The zero-order valence-electron chi connectivity index (χ0n) is 17.7. The number of halogens is 1. The van der Waals surface area contributed by atoms with Gasteiger partial charge in [0.25, 0.3) is 0 Å². The first kappa shape index (κ1) is 22.5. The number of carbonyl (C=O) groups is 1. The van der Waals surface area contributed by atoms with Gasteiger partial charge in [-0.15, -0.1) is 0 Å². The molecular formula is C23H24ClN3O4. The van der Waals surface area contributed by atoms with E-state index in [9.17, 15) is 14.4 Å². The molecule has 0 aliphatic heterocycles. The summed E-state index contributed by atoms with van der Waals surface area (Å²) >= 11 is 5.98. The third-order valence-corrected chi connectivity index (χ3v) is 5.24. The molecule has 1 aromatic heterocycles. The van der Waals surface area contributed by atoms with Crippen molar-refractivity contribution in [3.63, 3.8) is 0 Å². The highest BCUT2D eigenvalue weighted by atomic mass is 35.5. The third kappa shape index (κ3) is 5.49. The van der Waals surface area contributed by atoms with Crippen LogP contribution in [0.2, 0.25) is 5.02 Å². The minimum absolute atomic E-state index is 0.108. The topological polar surface area (TPSA) is 83.2 Å². The predicted octanol–water partition coefficient (Wildman–Crippen LogP) is 2.82. The number of rotatable bonds is 7. The highest BCUT2D eigenvalue weighted by molar-refractivity contribution is 6.30. The van der Waals surface area contributed by atoms with Crippen LogP contribution in [0.1, 0.15) is 29.4 Å². The van der Waals surface area contributed by atoms with Gasteiger partial charge in [-0.25, -0.2) is 14.2 Å². The van der Waals surface area contributed by atoms with E-state index < -0.39 is 23.3 Å². The van der Waals surface area contributed by atoms with Gasteiger partial charge in [0.05, 0.1) is 19.6 Å². The second-order valence-electron chi connectivity index (χ2n) is 7.51. The number of nitrogens with zero attached hydrogens (tertiary/aromatic N) is 3. The van der Waals surface area contributed by atoms with Crippen LogP contribution in [0.25, 0.3) is 0 Å². The fourth-order valence-corrected chi connectivity index (χ4v) is 3.47. The number of methoxy groups -OCH3 is 1. The highest BCUT2D eigenvalue weighted by Crippen LogP contribution is 2.13. The Kier molecular flexibility index (Phi) is 7.07. The molecule has 2 aromatic carbocycles. The van der Waals surface area contributed by atoms with Crippen molar-refractivity contribution in [3.8, 4) is 0 Å². The molecule has 1 atom stereocenters. The van der Waals surface area contributed by atoms with E-state index in [1.807, 2.05) is 43.3 Å². The second kappa shape index (κ2) is 9.75. The molecule has 3 rings (SSSR count). The summed E-state index contributed by atoms with van der Waals surface area (Å²) in [5.74, 6) is -0.805. The maximum absolute atomic E-state index is 13.3. The minimum Gasteiger partial charge on any atom is -0.469 e. The van der Waals surface area contributed by atoms with Gasteiger partial charge in [-0.05, 0) is 30.2 Å². The van der Waals surface area contributed by atoms with E-state index in [1.54, 1.807) is 19.1 Å². The van der Waals surface area contributed by atoms with Gasteiger partial charge in [-0.1, -0.05) is 60.5 Å². The third-order valence-electron chi connectivity index (χ3n) is 4.99. The number of hydrogen-bond donors (Lipinski definition) is 0. The maximum atomic E-state index is 13.3. The van der Waals surface area contributed by atoms with Crippen molar-refractivity contribution in [2.75, 3.05) is 7.11 Å². The van der Waals surface area contributed by atoms with Crippen molar-refractivity contribution < 1.29 is 9.53 Å². The maximum Gasteiger partial charge on any atom is 0.353 e. The highest BCUT2D eigenvalue weighted by Gasteiger charge is 2.20. The number of carbonyl (C=O) groups excluding carboxylic acids is 1. The van der Waals surface area contributed by atoms with E-state index in [-0.39, 0.29) is 13.1 Å². The summed E-state index contributed by atoms with van der Waals surface area (Å²) in [5.41, 5.74) is 1.65. The molecule has 0 saturated carbocycles. The van der Waals surface area contributed by atoms with Crippen molar-refractivity contribution in [1.29, 1.82) is 0 Å². The van der Waals surface area contributed by atoms with E-state index in [0.29, 0.717) is 17.3 Å². The Balaban J connectivity index is 2.08. The molecule has 7 nitrogen and oxygen atoms in total. The molecule has 0 spiro atoms. The van der Waals surface area contributed by atoms with Gasteiger partial charge in [-0.2, -0.15) is 4.98 Å². The van der Waals surface area contributed by atoms with E-state index in [1.165, 1.54) is 11.7 Å². The van der Waals surface area contributed by atoms with Crippen molar-refractivity contribution in [2.24, 2.45) is 5.92 Å². The molecule has 0 bridgehead atoms. The first-order chi connectivity index (χ1) is 14.8. The first-order valence-electron chi connectivity index (χ1n) is 9.87. The Labute approximate surface area is 184 Å². The number of aryl methyl sites for hydroxylation is 1. The largest absolute Gasteiger partial charge is 0.469 e. The van der Waals surface area contributed by atoms with Gasteiger partial charge in [0.2, 0.25) is 0 Å². The summed E-state index contributed by atoms with van der Waals surface area (Å²) in [6.45, 7) is 3.69. The van der Waals surface area contributed by atoms with Crippen LogP contribution in [0.15, 0.2) is 58.1 Å². The van der Waals surface area contributed by atoms with E-state index in [2.05, 4.69) is 4.98 Å². The van der Waals surface area contributed by atoms with Crippen molar-refractivity contribution in [1.82, 2.24) is 14.1 Å². The lowest BCUT2D eigenvalue weighted by Gasteiger charge is -2.16. The average molecular weight is 442 g/mol. The van der Waals surface area contributed by atoms with Crippen LogP contribution < -0.4 is 11.4 Å². The molecule has 0 N–H and O–H groups in total. The van der Waals surface area contributed by atoms with E-state index >= 15 is 0 Å². The smallest absolute Gasteiger partial charge is 0.353 e. The molecule has 0 unspecified atom stereocenters. The fraction of sp³-hybridized carbons (Fsp3) is 0.304. The minimum atomic E-state index is -0.684. The van der Waals surface area contributed by atoms with E-state index in [0.717, 1.165) is 21.3 Å². The Morgan fingerprint density at radius 2 is 1.81 bits per heavy atom. The molecule has 0 aliphatic carbocycles. The molecule has 0 saturated heterocycles. The first-order valence-corrected chi connectivity index (χ1v) is 10.2. The summed E-state index contributed by atoms with van der Waals surface area (Å²) in [6.07, 6.45) is 0.327. The van der Waals surface area contributed by atoms with Crippen LogP contribution in [0.5, 0.6) is 0 Å². The molecule has 8 heteroatoms. The van der Waals surface area contributed by atoms with Crippen LogP contribution in [0.3, 0.4) is 0 Å². The standard InChI is InChI=1S/C23H24ClN3O4/c1-15-5-4-6-18(11-15)12-20-25-22(29)27(13-16(2)21(28)31-3)23(30)26(20)14-17-7-9-19(24)10-8-17/h4-11,16H,12-14H2,1-3H3/t16-/m0/s1. The fourth-order valence-electron chi connectivity index (χ4n) is 3.35. The molecule has 0 radical (unpaired) electrons. The normalized spacial score (nSPS) is 11.9. The molecule has 0 fully saturated rings. The Bertz CT molecular complexity index is 1200. The predicted molar refractivity (Wildman–Crippen MR) is 118 cm³/mol. The van der Waals surface area contributed by atoms with E-state index in [4.69, 9.17) is 16.3 Å². The van der Waals surface area contributed by atoms with Gasteiger partial charge in [0.1, 0.15) is 5.82 Å². The van der Waals surface area contributed by atoms with Gasteiger partial charge >= 0.3 is 17.3 Å². The molecule has 162 valence electrons. The quantitative estimate of drug-likeness (QED) is 0.526. The zero-order chi connectivity index (χ0) is 22.5. The van der Waals surface area contributed by atoms with Crippen molar-refractivity contribution >= 4 is 17.6 Å². The SMILES string of the molecule is COC(=O)[C@@H](C)Cn1c(=O)nc(Cc2cccc(C)c2)n(Cc2ccc(Cl)cc2)c1=O. The molecule has 0 amide bonds. The number of esters is 1. The Hall–Kier alpha value is -3.19. The lowest BCUT2D eigenvalue weighted by molar-refractivity contribution is -0.145. The summed E-state index contributed by atoms with van der Waals surface area (Å²) in [6, 6.07) is 14.9.